The lowest BCUT2D eigenvalue weighted by molar-refractivity contribution is -0.117. The quantitative estimate of drug-likeness (QED) is 0.354. The van der Waals surface area contributed by atoms with Gasteiger partial charge in [-0.2, -0.15) is 4.98 Å². The summed E-state index contributed by atoms with van der Waals surface area (Å²) in [5.41, 5.74) is 0.128. The van der Waals surface area contributed by atoms with E-state index >= 15 is 0 Å². The molecule has 0 saturated carbocycles. The highest BCUT2D eigenvalue weighted by Crippen LogP contribution is 2.19. The van der Waals surface area contributed by atoms with Crippen LogP contribution in [0.15, 0.2) is 57.0 Å². The van der Waals surface area contributed by atoms with Crippen molar-refractivity contribution in [3.8, 4) is 5.75 Å². The molecule has 0 spiro atoms. The van der Waals surface area contributed by atoms with Gasteiger partial charge in [0, 0.05) is 23.1 Å². The Labute approximate surface area is 215 Å². The maximum Gasteiger partial charge on any atom is 0.355 e. The van der Waals surface area contributed by atoms with Crippen LogP contribution in [0, 0.1) is 0 Å². The van der Waals surface area contributed by atoms with Crippen molar-refractivity contribution in [2.24, 2.45) is 4.99 Å². The minimum Gasteiger partial charge on any atom is -0.497 e. The van der Waals surface area contributed by atoms with Crippen LogP contribution in [0.1, 0.15) is 11.1 Å². The fourth-order valence-electron chi connectivity index (χ4n) is 3.56. The van der Waals surface area contributed by atoms with Crippen LogP contribution in [0.5, 0.6) is 5.75 Å². The zero-order chi connectivity index (χ0) is 25.7. The number of aliphatic imine (C=N–C) groups is 1. The van der Waals surface area contributed by atoms with Gasteiger partial charge in [0.05, 0.1) is 20.2 Å². The van der Waals surface area contributed by atoms with E-state index in [1.54, 1.807) is 37.4 Å². The molecule has 36 heavy (non-hydrogen) atoms. The first-order valence-corrected chi connectivity index (χ1v) is 11.7. The molecular formula is C23H23Cl2N7O4. The monoisotopic (exact) mass is 531 g/mol. The number of anilines is 1. The SMILES string of the molecule is COc1ccc(Cn2c(NCCNC3=NCC(=O)N3)nc(=O)n(Cc3cc(Cl)cc(Cl)c3)c2=O)cc1. The molecule has 3 aromatic rings. The van der Waals surface area contributed by atoms with E-state index in [1.165, 1.54) is 4.57 Å². The third-order valence-corrected chi connectivity index (χ3v) is 5.69. The highest BCUT2D eigenvalue weighted by atomic mass is 35.5. The van der Waals surface area contributed by atoms with Crippen molar-refractivity contribution in [3.63, 3.8) is 0 Å². The largest absolute Gasteiger partial charge is 0.497 e. The summed E-state index contributed by atoms with van der Waals surface area (Å²) in [6.07, 6.45) is 0. The molecule has 1 aliphatic heterocycles. The minimum atomic E-state index is -0.718. The maximum atomic E-state index is 13.5. The molecule has 11 nitrogen and oxygen atoms in total. The fourth-order valence-corrected chi connectivity index (χ4v) is 4.13. The average molecular weight is 532 g/mol. The molecule has 0 saturated heterocycles. The summed E-state index contributed by atoms with van der Waals surface area (Å²) in [5.74, 6) is 0.977. The number of ether oxygens (including phenoxy) is 1. The van der Waals surface area contributed by atoms with Gasteiger partial charge in [0.25, 0.3) is 0 Å². The van der Waals surface area contributed by atoms with Crippen LogP contribution in [0.3, 0.4) is 0 Å². The molecule has 0 fully saturated rings. The van der Waals surface area contributed by atoms with E-state index in [0.717, 1.165) is 10.1 Å². The Morgan fingerprint density at radius 2 is 1.61 bits per heavy atom. The van der Waals surface area contributed by atoms with Gasteiger partial charge in [-0.1, -0.05) is 35.3 Å². The van der Waals surface area contributed by atoms with E-state index in [4.69, 9.17) is 27.9 Å². The molecule has 0 radical (unpaired) electrons. The second-order valence-electron chi connectivity index (χ2n) is 7.87. The molecule has 1 amide bonds. The number of nitrogens with zero attached hydrogens (tertiary/aromatic N) is 4. The highest BCUT2D eigenvalue weighted by Gasteiger charge is 2.16. The number of hydrogen-bond donors (Lipinski definition) is 3. The third-order valence-electron chi connectivity index (χ3n) is 5.25. The summed E-state index contributed by atoms with van der Waals surface area (Å²) in [6, 6.07) is 12.1. The van der Waals surface area contributed by atoms with E-state index < -0.39 is 11.4 Å². The second-order valence-corrected chi connectivity index (χ2v) is 8.74. The number of methoxy groups -OCH3 is 1. The normalized spacial score (nSPS) is 12.8. The Hall–Kier alpha value is -3.83. The summed E-state index contributed by atoms with van der Waals surface area (Å²) in [4.78, 5) is 45.7. The smallest absolute Gasteiger partial charge is 0.355 e. The number of guanidine groups is 1. The van der Waals surface area contributed by atoms with Crippen LogP contribution in [0.25, 0.3) is 0 Å². The molecule has 0 unspecified atom stereocenters. The summed E-state index contributed by atoms with van der Waals surface area (Å²) in [5, 5.41) is 9.36. The van der Waals surface area contributed by atoms with E-state index in [-0.39, 0.29) is 31.5 Å². The lowest BCUT2D eigenvalue weighted by Gasteiger charge is -2.16. The number of halogens is 2. The number of carbonyl (C=O) groups is 1. The fraction of sp³-hybridized carbons (Fsp3) is 0.261. The molecule has 0 aliphatic carbocycles. The van der Waals surface area contributed by atoms with Gasteiger partial charge < -0.3 is 15.4 Å². The molecule has 1 aromatic heterocycles. The van der Waals surface area contributed by atoms with E-state index in [1.807, 2.05) is 12.1 Å². The van der Waals surface area contributed by atoms with Crippen molar-refractivity contribution < 1.29 is 9.53 Å². The zero-order valence-electron chi connectivity index (χ0n) is 19.3. The summed E-state index contributed by atoms with van der Waals surface area (Å²) in [6.45, 7) is 0.855. The molecule has 4 rings (SSSR count). The van der Waals surface area contributed by atoms with Crippen molar-refractivity contribution >= 4 is 41.0 Å². The lowest BCUT2D eigenvalue weighted by Crippen LogP contribution is -2.44. The standard InChI is InChI=1S/C23H23Cl2N7O4/c1-36-18-4-2-14(3-5-18)12-31-21(27-7-6-26-20-28-11-19(33)29-20)30-22(34)32(23(31)35)13-15-8-16(24)10-17(25)9-15/h2-5,8-10H,6-7,11-13H2,1H3,(H,27,30,34)(H2,26,28,29,33). The number of rotatable bonds is 9. The zero-order valence-corrected chi connectivity index (χ0v) is 20.8. The van der Waals surface area contributed by atoms with Gasteiger partial charge in [0.15, 0.2) is 5.96 Å². The summed E-state index contributed by atoms with van der Waals surface area (Å²) in [7, 11) is 1.57. The lowest BCUT2D eigenvalue weighted by atomic mass is 10.2. The van der Waals surface area contributed by atoms with Crippen LogP contribution in [0.2, 0.25) is 10.0 Å². The Morgan fingerprint density at radius 3 is 2.25 bits per heavy atom. The van der Waals surface area contributed by atoms with Crippen LogP contribution >= 0.6 is 23.2 Å². The Kier molecular flexibility index (Phi) is 7.91. The first-order valence-electron chi connectivity index (χ1n) is 10.9. The number of carbonyl (C=O) groups excluding carboxylic acids is 1. The molecule has 2 aromatic carbocycles. The predicted molar refractivity (Wildman–Crippen MR) is 137 cm³/mol. The molecule has 1 aliphatic rings. The van der Waals surface area contributed by atoms with Crippen molar-refractivity contribution in [1.82, 2.24) is 24.8 Å². The van der Waals surface area contributed by atoms with Gasteiger partial charge in [0.2, 0.25) is 11.9 Å². The van der Waals surface area contributed by atoms with Gasteiger partial charge in [-0.15, -0.1) is 0 Å². The number of aromatic nitrogens is 3. The number of nitrogens with one attached hydrogen (secondary N) is 3. The predicted octanol–water partition coefficient (Wildman–Crippen LogP) is 1.30. The van der Waals surface area contributed by atoms with Gasteiger partial charge >= 0.3 is 11.4 Å². The third kappa shape index (κ3) is 6.23. The summed E-state index contributed by atoms with van der Waals surface area (Å²) < 4.78 is 7.60. The molecule has 13 heteroatoms. The average Bonchev–Trinajstić information content (AvgIpc) is 3.26. The first kappa shape index (κ1) is 25.3. The molecule has 188 valence electrons. The molecule has 0 bridgehead atoms. The molecule has 3 N–H and O–H groups in total. The van der Waals surface area contributed by atoms with Crippen molar-refractivity contribution in [2.75, 3.05) is 32.1 Å². The second kappa shape index (κ2) is 11.3. The topological polar surface area (TPSA) is 132 Å². The van der Waals surface area contributed by atoms with Crippen molar-refractivity contribution in [3.05, 3.63) is 84.6 Å². The minimum absolute atomic E-state index is 0.0467. The maximum absolute atomic E-state index is 13.5. The van der Waals surface area contributed by atoms with E-state index in [9.17, 15) is 14.4 Å². The van der Waals surface area contributed by atoms with Crippen LogP contribution in [-0.2, 0) is 17.9 Å². The van der Waals surface area contributed by atoms with Crippen LogP contribution < -0.4 is 32.1 Å². The van der Waals surface area contributed by atoms with Crippen molar-refractivity contribution in [2.45, 2.75) is 13.1 Å². The number of hydrogen-bond acceptors (Lipinski definition) is 8. The Balaban J connectivity index is 1.61. The summed E-state index contributed by atoms with van der Waals surface area (Å²) >= 11 is 12.2. The van der Waals surface area contributed by atoms with Gasteiger partial charge in [-0.05, 0) is 41.5 Å². The van der Waals surface area contributed by atoms with Gasteiger partial charge in [0.1, 0.15) is 12.3 Å². The highest BCUT2D eigenvalue weighted by molar-refractivity contribution is 6.34. The van der Waals surface area contributed by atoms with E-state index in [0.29, 0.717) is 40.4 Å². The van der Waals surface area contributed by atoms with Crippen LogP contribution in [0.4, 0.5) is 5.95 Å². The number of benzene rings is 2. The van der Waals surface area contributed by atoms with Crippen LogP contribution in [-0.4, -0.2) is 52.7 Å². The Morgan fingerprint density at radius 1 is 0.944 bits per heavy atom. The van der Waals surface area contributed by atoms with Gasteiger partial charge in [-0.3, -0.25) is 14.7 Å². The molecule has 0 atom stereocenters. The molecular weight excluding hydrogens is 509 g/mol. The van der Waals surface area contributed by atoms with E-state index in [2.05, 4.69) is 25.9 Å². The molecule has 2 heterocycles. The number of amides is 1. The van der Waals surface area contributed by atoms with Crippen molar-refractivity contribution in [1.29, 1.82) is 0 Å². The van der Waals surface area contributed by atoms with Gasteiger partial charge in [-0.25, -0.2) is 19.1 Å². The Bertz CT molecular complexity index is 1400. The first-order chi connectivity index (χ1) is 17.3.